The van der Waals surface area contributed by atoms with Crippen LogP contribution in [0.15, 0.2) is 141 Å². The largest absolute Gasteiger partial charge is 0.390 e. The standard InChI is InChI=1S/C31H30N2O6S2/c34-40(35,28-18-9-3-10-19-28)30(32-38-24-26-14-5-1-6-15-26)22-13-23-31(33-39-25-27-16-7-2-8-17-27)41(36,37)29-20-11-4-12-21-29/h1-12,14-21H,13,22-25H2/b32-30-,33-31-. The van der Waals surface area contributed by atoms with Gasteiger partial charge in [0.25, 0.3) is 0 Å². The molecule has 0 N–H and O–H groups in total. The van der Waals surface area contributed by atoms with Gasteiger partial charge in [0.2, 0.25) is 19.7 Å². The summed E-state index contributed by atoms with van der Waals surface area (Å²) < 4.78 is 53.7. The molecule has 0 fully saturated rings. The highest BCUT2D eigenvalue weighted by molar-refractivity contribution is 8.06. The van der Waals surface area contributed by atoms with Crippen LogP contribution in [0, 0.1) is 0 Å². The second kappa shape index (κ2) is 14.4. The Morgan fingerprint density at radius 1 is 0.488 bits per heavy atom. The first-order valence-corrected chi connectivity index (χ1v) is 15.9. The molecule has 0 unspecified atom stereocenters. The third-order valence-corrected chi connectivity index (χ3v) is 9.57. The van der Waals surface area contributed by atoms with Crippen molar-refractivity contribution in [1.82, 2.24) is 0 Å². The third kappa shape index (κ3) is 8.36. The molecule has 0 spiro atoms. The van der Waals surface area contributed by atoms with E-state index in [1.807, 2.05) is 60.7 Å². The first-order valence-electron chi connectivity index (χ1n) is 12.9. The summed E-state index contributed by atoms with van der Waals surface area (Å²) in [5.41, 5.74) is 1.65. The van der Waals surface area contributed by atoms with Gasteiger partial charge in [0.1, 0.15) is 13.2 Å². The molecule has 0 aromatic heterocycles. The Morgan fingerprint density at radius 2 is 0.805 bits per heavy atom. The quantitative estimate of drug-likeness (QED) is 0.111. The summed E-state index contributed by atoms with van der Waals surface area (Å²) in [5, 5.41) is 7.57. The number of sulfone groups is 2. The second-order valence-electron chi connectivity index (χ2n) is 8.97. The predicted molar refractivity (Wildman–Crippen MR) is 158 cm³/mol. The molecule has 0 aliphatic rings. The lowest BCUT2D eigenvalue weighted by atomic mass is 10.2. The highest BCUT2D eigenvalue weighted by Gasteiger charge is 2.26. The smallest absolute Gasteiger partial charge is 0.223 e. The molecule has 0 radical (unpaired) electrons. The van der Waals surface area contributed by atoms with Gasteiger partial charge < -0.3 is 9.68 Å². The van der Waals surface area contributed by atoms with Crippen molar-refractivity contribution in [3.63, 3.8) is 0 Å². The first-order chi connectivity index (χ1) is 19.9. The molecule has 4 rings (SSSR count). The molecular weight excluding hydrogens is 560 g/mol. The molecule has 4 aromatic carbocycles. The lowest BCUT2D eigenvalue weighted by Crippen LogP contribution is -2.19. The minimum atomic E-state index is -3.99. The van der Waals surface area contributed by atoms with Gasteiger partial charge in [-0.2, -0.15) is 0 Å². The van der Waals surface area contributed by atoms with Gasteiger partial charge in [-0.05, 0) is 41.8 Å². The van der Waals surface area contributed by atoms with E-state index in [0.29, 0.717) is 0 Å². The van der Waals surface area contributed by atoms with Crippen molar-refractivity contribution in [1.29, 1.82) is 0 Å². The maximum atomic E-state index is 13.4. The van der Waals surface area contributed by atoms with Crippen LogP contribution in [0.2, 0.25) is 0 Å². The maximum absolute atomic E-state index is 13.4. The SMILES string of the molecule is O=S(=O)(/C(CCC/C(=N/OCc1ccccc1)S(=O)(=O)c1ccccc1)=N\OCc1ccccc1)c1ccccc1. The van der Waals surface area contributed by atoms with E-state index in [9.17, 15) is 16.8 Å². The Bertz CT molecular complexity index is 1530. The summed E-state index contributed by atoms with van der Waals surface area (Å²) in [7, 11) is -7.98. The number of rotatable bonds is 12. The minimum Gasteiger partial charge on any atom is -0.390 e. The molecule has 0 bridgehead atoms. The molecule has 0 aliphatic carbocycles. The van der Waals surface area contributed by atoms with Crippen molar-refractivity contribution in [3.05, 3.63) is 132 Å². The van der Waals surface area contributed by atoms with Gasteiger partial charge in [-0.15, -0.1) is 0 Å². The maximum Gasteiger partial charge on any atom is 0.223 e. The molecule has 0 heterocycles. The highest BCUT2D eigenvalue weighted by atomic mass is 32.2. The van der Waals surface area contributed by atoms with Crippen molar-refractivity contribution < 1.29 is 26.5 Å². The van der Waals surface area contributed by atoms with Crippen molar-refractivity contribution in [3.8, 4) is 0 Å². The number of oxime groups is 2. The molecule has 0 saturated carbocycles. The monoisotopic (exact) mass is 590 g/mol. The van der Waals surface area contributed by atoms with E-state index in [1.165, 1.54) is 24.3 Å². The molecule has 41 heavy (non-hydrogen) atoms. The Kier molecular flexibility index (Phi) is 10.4. The van der Waals surface area contributed by atoms with Gasteiger partial charge in [-0.3, -0.25) is 0 Å². The third-order valence-electron chi connectivity index (χ3n) is 5.99. The van der Waals surface area contributed by atoms with Gasteiger partial charge in [-0.25, -0.2) is 16.8 Å². The van der Waals surface area contributed by atoms with E-state index >= 15 is 0 Å². The van der Waals surface area contributed by atoms with Crippen molar-refractivity contribution >= 4 is 29.8 Å². The van der Waals surface area contributed by atoms with Gasteiger partial charge in [0, 0.05) is 12.8 Å². The fourth-order valence-corrected chi connectivity index (χ4v) is 6.53. The van der Waals surface area contributed by atoms with Gasteiger partial charge in [0.15, 0.2) is 10.1 Å². The van der Waals surface area contributed by atoms with Gasteiger partial charge in [0.05, 0.1) is 9.79 Å². The molecule has 212 valence electrons. The van der Waals surface area contributed by atoms with Crippen LogP contribution in [-0.4, -0.2) is 26.9 Å². The fourth-order valence-electron chi connectivity index (χ4n) is 3.83. The summed E-state index contributed by atoms with van der Waals surface area (Å²) in [4.78, 5) is 11.0. The van der Waals surface area contributed by atoms with E-state index in [-0.39, 0.29) is 52.4 Å². The van der Waals surface area contributed by atoms with Crippen LogP contribution in [0.25, 0.3) is 0 Å². The van der Waals surface area contributed by atoms with Gasteiger partial charge in [-0.1, -0.05) is 107 Å². The summed E-state index contributed by atoms with van der Waals surface area (Å²) in [6.45, 7) is 0.161. The van der Waals surface area contributed by atoms with Gasteiger partial charge >= 0.3 is 0 Å². The Morgan fingerprint density at radius 3 is 1.15 bits per heavy atom. The molecule has 10 heteroatoms. The number of hydrogen-bond acceptors (Lipinski definition) is 8. The van der Waals surface area contributed by atoms with Crippen LogP contribution >= 0.6 is 0 Å². The van der Waals surface area contributed by atoms with E-state index < -0.39 is 19.7 Å². The first kappa shape index (κ1) is 29.7. The molecule has 0 saturated heterocycles. The van der Waals surface area contributed by atoms with Crippen molar-refractivity contribution in [2.45, 2.75) is 42.3 Å². The number of hydrogen-bond donors (Lipinski definition) is 0. The molecule has 0 atom stereocenters. The normalized spacial score (nSPS) is 12.6. The van der Waals surface area contributed by atoms with Crippen LogP contribution in [0.5, 0.6) is 0 Å². The van der Waals surface area contributed by atoms with Crippen molar-refractivity contribution in [2.24, 2.45) is 10.3 Å². The summed E-state index contributed by atoms with van der Waals surface area (Å²) in [5.74, 6) is 0. The minimum absolute atomic E-state index is 0.0686. The topological polar surface area (TPSA) is 111 Å². The Labute approximate surface area is 240 Å². The molecule has 0 amide bonds. The zero-order valence-electron chi connectivity index (χ0n) is 22.2. The molecule has 8 nitrogen and oxygen atoms in total. The summed E-state index contributed by atoms with van der Waals surface area (Å²) in [6.07, 6.45) is -0.0404. The van der Waals surface area contributed by atoms with Crippen LogP contribution in [0.4, 0.5) is 0 Å². The van der Waals surface area contributed by atoms with E-state index in [4.69, 9.17) is 9.68 Å². The van der Waals surface area contributed by atoms with E-state index in [2.05, 4.69) is 10.3 Å². The lowest BCUT2D eigenvalue weighted by Gasteiger charge is -2.11. The fraction of sp³-hybridized carbons (Fsp3) is 0.161. The average Bonchev–Trinajstić information content (AvgIpc) is 3.01. The van der Waals surface area contributed by atoms with Crippen LogP contribution in [0.1, 0.15) is 30.4 Å². The zero-order chi connectivity index (χ0) is 29.0. The molecular formula is C31H30N2O6S2. The van der Waals surface area contributed by atoms with Crippen LogP contribution < -0.4 is 0 Å². The summed E-state index contributed by atoms with van der Waals surface area (Å²) in [6, 6.07) is 34.3. The Hall–Kier alpha value is -4.28. The average molecular weight is 591 g/mol. The summed E-state index contributed by atoms with van der Waals surface area (Å²) >= 11 is 0. The predicted octanol–water partition coefficient (Wildman–Crippen LogP) is 6.17. The number of nitrogens with zero attached hydrogens (tertiary/aromatic N) is 2. The van der Waals surface area contributed by atoms with Crippen LogP contribution in [0.3, 0.4) is 0 Å². The van der Waals surface area contributed by atoms with Crippen molar-refractivity contribution in [2.75, 3.05) is 0 Å². The van der Waals surface area contributed by atoms with E-state index in [1.54, 1.807) is 36.4 Å². The van der Waals surface area contributed by atoms with E-state index in [0.717, 1.165) is 11.1 Å². The Balaban J connectivity index is 1.55. The second-order valence-corrected chi connectivity index (χ2v) is 12.9. The molecule has 4 aromatic rings. The highest BCUT2D eigenvalue weighted by Crippen LogP contribution is 2.20. The van der Waals surface area contributed by atoms with Crippen LogP contribution in [-0.2, 0) is 42.6 Å². The number of benzene rings is 4. The zero-order valence-corrected chi connectivity index (χ0v) is 23.9. The molecule has 0 aliphatic heterocycles. The lowest BCUT2D eigenvalue weighted by molar-refractivity contribution is 0.130.